The van der Waals surface area contributed by atoms with Gasteiger partial charge in [0.25, 0.3) is 5.91 Å². The van der Waals surface area contributed by atoms with E-state index >= 15 is 0 Å². The number of piperazine rings is 1. The molecule has 0 spiro atoms. The third-order valence-electron chi connectivity index (χ3n) is 5.65. The van der Waals surface area contributed by atoms with Gasteiger partial charge in [0.05, 0.1) is 7.11 Å². The van der Waals surface area contributed by atoms with Crippen LogP contribution >= 0.6 is 0 Å². The van der Waals surface area contributed by atoms with E-state index in [4.69, 9.17) is 4.74 Å². The van der Waals surface area contributed by atoms with Crippen LogP contribution in [0.25, 0.3) is 16.9 Å². The van der Waals surface area contributed by atoms with Crippen molar-refractivity contribution < 1.29 is 9.53 Å². The molecule has 7 heteroatoms. The molecule has 1 aliphatic heterocycles. The molecule has 0 atom stereocenters. The molecule has 3 heterocycles. The Morgan fingerprint density at radius 1 is 0.968 bits per heavy atom. The highest BCUT2D eigenvalue weighted by Crippen LogP contribution is 2.25. The van der Waals surface area contributed by atoms with E-state index in [1.54, 1.807) is 19.5 Å². The van der Waals surface area contributed by atoms with Gasteiger partial charge in [0, 0.05) is 56.0 Å². The predicted molar refractivity (Wildman–Crippen MR) is 120 cm³/mol. The van der Waals surface area contributed by atoms with Crippen LogP contribution in [0.2, 0.25) is 0 Å². The molecule has 1 aliphatic rings. The number of rotatable bonds is 4. The molecule has 7 nitrogen and oxygen atoms in total. The van der Waals surface area contributed by atoms with Crippen molar-refractivity contribution in [3.8, 4) is 17.0 Å². The number of anilines is 1. The molecular weight excluding hydrogens is 390 g/mol. The molecule has 1 saturated heterocycles. The summed E-state index contributed by atoms with van der Waals surface area (Å²) in [6, 6.07) is 18.0. The third kappa shape index (κ3) is 3.70. The van der Waals surface area contributed by atoms with E-state index in [-0.39, 0.29) is 5.91 Å². The monoisotopic (exact) mass is 413 g/mol. The van der Waals surface area contributed by atoms with Crippen molar-refractivity contribution in [3.63, 3.8) is 0 Å². The van der Waals surface area contributed by atoms with Crippen LogP contribution in [0.3, 0.4) is 0 Å². The number of para-hydroxylation sites is 1. The van der Waals surface area contributed by atoms with E-state index in [0.29, 0.717) is 24.4 Å². The fourth-order valence-corrected chi connectivity index (χ4v) is 3.94. The summed E-state index contributed by atoms with van der Waals surface area (Å²) in [4.78, 5) is 26.5. The van der Waals surface area contributed by atoms with E-state index in [1.165, 1.54) is 5.69 Å². The molecular formula is C24H23N5O2. The second-order valence-electron chi connectivity index (χ2n) is 7.48. The van der Waals surface area contributed by atoms with Crippen molar-refractivity contribution in [1.29, 1.82) is 0 Å². The Morgan fingerprint density at radius 3 is 2.42 bits per heavy atom. The minimum absolute atomic E-state index is 0.0444. The molecule has 1 fully saturated rings. The number of carbonyl (C=O) groups is 1. The van der Waals surface area contributed by atoms with Gasteiger partial charge in [0.1, 0.15) is 17.1 Å². The smallest absolute Gasteiger partial charge is 0.274 e. The maximum absolute atomic E-state index is 13.1. The SMILES string of the molecule is COc1ccc(-c2nccn3cc(C(=O)N4CCN(c5ccccc5)CC4)nc23)cc1. The molecule has 4 aromatic rings. The first-order valence-corrected chi connectivity index (χ1v) is 10.3. The van der Waals surface area contributed by atoms with E-state index < -0.39 is 0 Å². The number of imidazole rings is 1. The summed E-state index contributed by atoms with van der Waals surface area (Å²) in [6.07, 6.45) is 5.33. The lowest BCUT2D eigenvalue weighted by molar-refractivity contribution is 0.0741. The Kier molecular flexibility index (Phi) is 5.00. The molecule has 0 radical (unpaired) electrons. The summed E-state index contributed by atoms with van der Waals surface area (Å²) < 4.78 is 7.10. The van der Waals surface area contributed by atoms with Gasteiger partial charge in [0.15, 0.2) is 5.65 Å². The number of aromatic nitrogens is 3. The molecule has 156 valence electrons. The summed E-state index contributed by atoms with van der Waals surface area (Å²) in [6.45, 7) is 2.96. The van der Waals surface area contributed by atoms with Crippen LogP contribution in [0.4, 0.5) is 5.69 Å². The lowest BCUT2D eigenvalue weighted by Crippen LogP contribution is -2.48. The van der Waals surface area contributed by atoms with Crippen LogP contribution < -0.4 is 9.64 Å². The van der Waals surface area contributed by atoms with Crippen LogP contribution in [-0.4, -0.2) is 58.5 Å². The van der Waals surface area contributed by atoms with Gasteiger partial charge in [-0.2, -0.15) is 0 Å². The number of benzene rings is 2. The van der Waals surface area contributed by atoms with Gasteiger partial charge in [-0.05, 0) is 36.4 Å². The number of carbonyl (C=O) groups excluding carboxylic acids is 1. The fraction of sp³-hybridized carbons (Fsp3) is 0.208. The maximum atomic E-state index is 13.1. The number of fused-ring (bicyclic) bond motifs is 1. The van der Waals surface area contributed by atoms with E-state index in [2.05, 4.69) is 27.0 Å². The van der Waals surface area contributed by atoms with Gasteiger partial charge < -0.3 is 18.9 Å². The zero-order chi connectivity index (χ0) is 21.2. The van der Waals surface area contributed by atoms with Crippen molar-refractivity contribution in [2.45, 2.75) is 0 Å². The van der Waals surface area contributed by atoms with E-state index in [9.17, 15) is 4.79 Å². The maximum Gasteiger partial charge on any atom is 0.274 e. The highest BCUT2D eigenvalue weighted by molar-refractivity contribution is 5.94. The fourth-order valence-electron chi connectivity index (χ4n) is 3.94. The van der Waals surface area contributed by atoms with Gasteiger partial charge >= 0.3 is 0 Å². The van der Waals surface area contributed by atoms with Gasteiger partial charge in [-0.1, -0.05) is 18.2 Å². The molecule has 0 bridgehead atoms. The number of nitrogens with zero attached hydrogens (tertiary/aromatic N) is 5. The summed E-state index contributed by atoms with van der Waals surface area (Å²) in [7, 11) is 1.64. The molecule has 5 rings (SSSR count). The Hall–Kier alpha value is -3.87. The number of methoxy groups -OCH3 is 1. The first kappa shape index (κ1) is 19.1. The standard InChI is InChI=1S/C24H23N5O2/c1-31-20-9-7-18(8-10-20)22-23-26-21(17-29(23)12-11-25-22)24(30)28-15-13-27(14-16-28)19-5-3-2-4-6-19/h2-12,17H,13-16H2,1H3. The second kappa shape index (κ2) is 8.10. The Balaban J connectivity index is 1.36. The Morgan fingerprint density at radius 2 is 1.71 bits per heavy atom. The Bertz CT molecular complexity index is 1200. The number of hydrogen-bond donors (Lipinski definition) is 0. The van der Waals surface area contributed by atoms with E-state index in [0.717, 1.165) is 30.1 Å². The van der Waals surface area contributed by atoms with Crippen LogP contribution in [0.1, 0.15) is 10.5 Å². The topological polar surface area (TPSA) is 63.0 Å². The van der Waals surface area contributed by atoms with Crippen LogP contribution in [0.5, 0.6) is 5.75 Å². The lowest BCUT2D eigenvalue weighted by Gasteiger charge is -2.35. The normalized spacial score (nSPS) is 14.1. The van der Waals surface area contributed by atoms with Crippen molar-refractivity contribution in [2.75, 3.05) is 38.2 Å². The highest BCUT2D eigenvalue weighted by atomic mass is 16.5. The number of amides is 1. The summed E-state index contributed by atoms with van der Waals surface area (Å²) in [5, 5.41) is 0. The average Bonchev–Trinajstić information content (AvgIpc) is 3.29. The minimum atomic E-state index is -0.0444. The van der Waals surface area contributed by atoms with Gasteiger partial charge in [-0.3, -0.25) is 9.78 Å². The van der Waals surface area contributed by atoms with Crippen LogP contribution in [0, 0.1) is 0 Å². The molecule has 0 unspecified atom stereocenters. The van der Waals surface area contributed by atoms with Gasteiger partial charge in [0.2, 0.25) is 0 Å². The predicted octanol–water partition coefficient (Wildman–Crippen LogP) is 3.37. The lowest BCUT2D eigenvalue weighted by atomic mass is 10.1. The molecule has 0 aliphatic carbocycles. The Labute approximate surface area is 180 Å². The van der Waals surface area contributed by atoms with Crippen molar-refractivity contribution in [3.05, 3.63) is 78.9 Å². The van der Waals surface area contributed by atoms with E-state index in [1.807, 2.05) is 58.0 Å². The van der Waals surface area contributed by atoms with Crippen LogP contribution in [-0.2, 0) is 0 Å². The van der Waals surface area contributed by atoms with Crippen molar-refractivity contribution in [2.24, 2.45) is 0 Å². The van der Waals surface area contributed by atoms with Gasteiger partial charge in [-0.25, -0.2) is 4.98 Å². The third-order valence-corrected chi connectivity index (χ3v) is 5.65. The molecule has 0 saturated carbocycles. The summed E-state index contributed by atoms with van der Waals surface area (Å²) in [5.41, 5.74) is 3.96. The quantitative estimate of drug-likeness (QED) is 0.513. The summed E-state index contributed by atoms with van der Waals surface area (Å²) in [5.74, 6) is 0.738. The number of hydrogen-bond acceptors (Lipinski definition) is 5. The van der Waals surface area contributed by atoms with Crippen LogP contribution in [0.15, 0.2) is 73.2 Å². The zero-order valence-electron chi connectivity index (χ0n) is 17.3. The number of ether oxygens (including phenoxy) is 1. The molecule has 31 heavy (non-hydrogen) atoms. The molecule has 2 aromatic carbocycles. The first-order chi connectivity index (χ1) is 15.2. The molecule has 2 aromatic heterocycles. The van der Waals surface area contributed by atoms with Gasteiger partial charge in [-0.15, -0.1) is 0 Å². The van der Waals surface area contributed by atoms with Crippen molar-refractivity contribution in [1.82, 2.24) is 19.3 Å². The average molecular weight is 413 g/mol. The first-order valence-electron chi connectivity index (χ1n) is 10.3. The molecule has 1 amide bonds. The second-order valence-corrected chi connectivity index (χ2v) is 7.48. The minimum Gasteiger partial charge on any atom is -0.497 e. The van der Waals surface area contributed by atoms with Crippen molar-refractivity contribution >= 4 is 17.2 Å². The highest BCUT2D eigenvalue weighted by Gasteiger charge is 2.24. The molecule has 0 N–H and O–H groups in total. The largest absolute Gasteiger partial charge is 0.497 e. The zero-order valence-corrected chi connectivity index (χ0v) is 17.3. The summed E-state index contributed by atoms with van der Waals surface area (Å²) >= 11 is 0.